The zero-order valence-corrected chi connectivity index (χ0v) is 20.8. The van der Waals surface area contributed by atoms with Gasteiger partial charge in [0.2, 0.25) is 11.8 Å². The lowest BCUT2D eigenvalue weighted by Crippen LogP contribution is -2.50. The van der Waals surface area contributed by atoms with Crippen molar-refractivity contribution in [3.63, 3.8) is 0 Å². The number of rotatable bonds is 9. The zero-order valence-electron chi connectivity index (χ0n) is 20.8. The molecule has 0 unspecified atom stereocenters. The largest absolute Gasteiger partial charge is 0.465 e. The Labute approximate surface area is 216 Å². The molecular formula is C29H31N3O5. The average molecular weight is 502 g/mol. The Morgan fingerprint density at radius 3 is 2.03 bits per heavy atom. The first kappa shape index (κ1) is 26.1. The van der Waals surface area contributed by atoms with E-state index in [-0.39, 0.29) is 25.2 Å². The van der Waals surface area contributed by atoms with E-state index in [0.29, 0.717) is 24.3 Å². The van der Waals surface area contributed by atoms with Crippen LogP contribution in [0, 0.1) is 0 Å². The van der Waals surface area contributed by atoms with E-state index in [1.54, 1.807) is 23.1 Å². The number of methoxy groups -OCH3 is 1. The Morgan fingerprint density at radius 2 is 1.43 bits per heavy atom. The molecule has 0 aromatic heterocycles. The van der Waals surface area contributed by atoms with Crippen molar-refractivity contribution in [1.82, 2.24) is 9.80 Å². The van der Waals surface area contributed by atoms with E-state index in [0.717, 1.165) is 13.1 Å². The second kappa shape index (κ2) is 12.8. The summed E-state index contributed by atoms with van der Waals surface area (Å²) < 4.78 is 10.1. The van der Waals surface area contributed by atoms with Gasteiger partial charge in [-0.25, -0.2) is 4.79 Å². The van der Waals surface area contributed by atoms with Crippen LogP contribution in [0.4, 0.5) is 5.69 Å². The Kier molecular flexibility index (Phi) is 9.02. The second-order valence-electron chi connectivity index (χ2n) is 8.75. The molecule has 0 bridgehead atoms. The van der Waals surface area contributed by atoms with Crippen LogP contribution >= 0.6 is 0 Å². The van der Waals surface area contributed by atoms with Gasteiger partial charge in [0, 0.05) is 31.9 Å². The molecule has 0 radical (unpaired) electrons. The molecule has 1 fully saturated rings. The fraction of sp³-hybridized carbons (Fsp3) is 0.276. The van der Waals surface area contributed by atoms with Crippen molar-refractivity contribution >= 4 is 23.5 Å². The maximum absolute atomic E-state index is 12.7. The minimum Gasteiger partial charge on any atom is -0.465 e. The van der Waals surface area contributed by atoms with Gasteiger partial charge in [0.05, 0.1) is 18.7 Å². The molecule has 0 spiro atoms. The lowest BCUT2D eigenvalue weighted by molar-refractivity contribution is -0.139. The summed E-state index contributed by atoms with van der Waals surface area (Å²) in [4.78, 5) is 40.7. The van der Waals surface area contributed by atoms with Crippen LogP contribution in [0.15, 0.2) is 84.9 Å². The van der Waals surface area contributed by atoms with Crippen molar-refractivity contribution in [2.75, 3.05) is 51.8 Å². The van der Waals surface area contributed by atoms with Gasteiger partial charge >= 0.3 is 5.97 Å². The Hall–Kier alpha value is -4.01. The number of nitrogens with zero attached hydrogens (tertiary/aromatic N) is 2. The number of benzene rings is 3. The second-order valence-corrected chi connectivity index (χ2v) is 8.75. The van der Waals surface area contributed by atoms with Crippen LogP contribution < -0.4 is 5.32 Å². The number of carbonyl (C=O) groups is 3. The number of amides is 2. The number of hydrogen-bond acceptors (Lipinski definition) is 6. The SMILES string of the molecule is COC(=O)c1cccc(NC(=O)COCC(=O)N2CCN(C(c3ccccc3)c3ccccc3)CC2)c1. The van der Waals surface area contributed by atoms with Crippen LogP contribution in [0.5, 0.6) is 0 Å². The van der Waals surface area contributed by atoms with Crippen molar-refractivity contribution in [2.24, 2.45) is 0 Å². The third kappa shape index (κ3) is 7.03. The summed E-state index contributed by atoms with van der Waals surface area (Å²) in [5.74, 6) is -1.04. The first-order chi connectivity index (χ1) is 18.0. The van der Waals surface area contributed by atoms with Crippen LogP contribution in [0.1, 0.15) is 27.5 Å². The van der Waals surface area contributed by atoms with Gasteiger partial charge in [-0.15, -0.1) is 0 Å². The Bertz CT molecular complexity index is 1150. The van der Waals surface area contributed by atoms with Crippen molar-refractivity contribution in [3.8, 4) is 0 Å². The highest BCUT2D eigenvalue weighted by atomic mass is 16.5. The Morgan fingerprint density at radius 1 is 0.811 bits per heavy atom. The lowest BCUT2D eigenvalue weighted by Gasteiger charge is -2.39. The molecule has 0 saturated carbocycles. The molecule has 37 heavy (non-hydrogen) atoms. The standard InChI is InChI=1S/C29H31N3O5/c1-36-29(35)24-13-8-14-25(19-24)30-26(33)20-37-21-27(34)31-15-17-32(18-16-31)28(22-9-4-2-5-10-22)23-11-6-3-7-12-23/h2-14,19,28H,15-18,20-21H2,1H3,(H,30,33). The van der Waals surface area contributed by atoms with E-state index in [2.05, 4.69) is 39.2 Å². The summed E-state index contributed by atoms with van der Waals surface area (Å²) in [7, 11) is 1.29. The molecule has 8 heteroatoms. The van der Waals surface area contributed by atoms with E-state index < -0.39 is 11.9 Å². The van der Waals surface area contributed by atoms with Crippen molar-refractivity contribution in [3.05, 3.63) is 102 Å². The summed E-state index contributed by atoms with van der Waals surface area (Å²) in [5, 5.41) is 2.66. The van der Waals surface area contributed by atoms with Crippen LogP contribution in [0.2, 0.25) is 0 Å². The van der Waals surface area contributed by atoms with Crippen molar-refractivity contribution in [2.45, 2.75) is 6.04 Å². The third-order valence-electron chi connectivity index (χ3n) is 6.29. The maximum atomic E-state index is 12.7. The number of carbonyl (C=O) groups excluding carboxylic acids is 3. The summed E-state index contributed by atoms with van der Waals surface area (Å²) in [5.41, 5.74) is 3.22. The average Bonchev–Trinajstić information content (AvgIpc) is 2.94. The first-order valence-corrected chi connectivity index (χ1v) is 12.2. The van der Waals surface area contributed by atoms with Gasteiger partial charge in [-0.3, -0.25) is 14.5 Å². The summed E-state index contributed by atoms with van der Waals surface area (Å²) in [6.45, 7) is 2.21. The highest BCUT2D eigenvalue weighted by Crippen LogP contribution is 2.29. The zero-order chi connectivity index (χ0) is 26.0. The van der Waals surface area contributed by atoms with E-state index in [4.69, 9.17) is 4.74 Å². The molecule has 1 N–H and O–H groups in total. The maximum Gasteiger partial charge on any atom is 0.337 e. The molecule has 3 aromatic carbocycles. The van der Waals surface area contributed by atoms with E-state index in [1.807, 2.05) is 36.4 Å². The van der Waals surface area contributed by atoms with Gasteiger partial charge in [-0.2, -0.15) is 0 Å². The lowest BCUT2D eigenvalue weighted by atomic mass is 9.96. The minimum absolute atomic E-state index is 0.122. The van der Waals surface area contributed by atoms with Gasteiger partial charge in [-0.05, 0) is 29.3 Å². The summed E-state index contributed by atoms with van der Waals surface area (Å²) in [6, 6.07) is 27.3. The smallest absolute Gasteiger partial charge is 0.337 e. The molecule has 1 heterocycles. The van der Waals surface area contributed by atoms with Gasteiger partial charge in [-0.1, -0.05) is 66.7 Å². The van der Waals surface area contributed by atoms with Crippen LogP contribution in [0.3, 0.4) is 0 Å². The summed E-state index contributed by atoms with van der Waals surface area (Å²) >= 11 is 0. The summed E-state index contributed by atoms with van der Waals surface area (Å²) in [6.07, 6.45) is 0. The fourth-order valence-corrected chi connectivity index (χ4v) is 4.48. The molecule has 1 saturated heterocycles. The molecular weight excluding hydrogens is 470 g/mol. The van der Waals surface area contributed by atoms with Crippen LogP contribution in [0.25, 0.3) is 0 Å². The number of esters is 1. The molecule has 2 amide bonds. The molecule has 4 rings (SSSR count). The normalized spacial score (nSPS) is 13.8. The van der Waals surface area contributed by atoms with Crippen molar-refractivity contribution < 1.29 is 23.9 Å². The molecule has 192 valence electrons. The molecule has 0 aliphatic carbocycles. The van der Waals surface area contributed by atoms with Gasteiger partial charge in [0.25, 0.3) is 0 Å². The molecule has 1 aliphatic rings. The van der Waals surface area contributed by atoms with E-state index in [1.165, 1.54) is 24.3 Å². The van der Waals surface area contributed by atoms with E-state index >= 15 is 0 Å². The molecule has 3 aromatic rings. The highest BCUT2D eigenvalue weighted by Gasteiger charge is 2.28. The minimum atomic E-state index is -0.489. The van der Waals surface area contributed by atoms with Crippen LogP contribution in [-0.4, -0.2) is 74.1 Å². The quantitative estimate of drug-likeness (QED) is 0.453. The number of anilines is 1. The van der Waals surface area contributed by atoms with Crippen LogP contribution in [-0.2, 0) is 19.1 Å². The number of ether oxygens (including phenoxy) is 2. The number of nitrogens with one attached hydrogen (secondary N) is 1. The molecule has 8 nitrogen and oxygen atoms in total. The Balaban J connectivity index is 1.25. The van der Waals surface area contributed by atoms with Gasteiger partial charge in [0.15, 0.2) is 0 Å². The molecule has 0 atom stereocenters. The monoisotopic (exact) mass is 501 g/mol. The third-order valence-corrected chi connectivity index (χ3v) is 6.29. The van der Waals surface area contributed by atoms with Gasteiger partial charge in [0.1, 0.15) is 13.2 Å². The number of hydrogen-bond donors (Lipinski definition) is 1. The fourth-order valence-electron chi connectivity index (χ4n) is 4.48. The first-order valence-electron chi connectivity index (χ1n) is 12.2. The predicted molar refractivity (Wildman–Crippen MR) is 140 cm³/mol. The topological polar surface area (TPSA) is 88.2 Å². The number of piperazine rings is 1. The van der Waals surface area contributed by atoms with Crippen molar-refractivity contribution in [1.29, 1.82) is 0 Å². The van der Waals surface area contributed by atoms with E-state index in [9.17, 15) is 14.4 Å². The highest BCUT2D eigenvalue weighted by molar-refractivity contribution is 5.95. The van der Waals surface area contributed by atoms with Gasteiger partial charge < -0.3 is 19.7 Å². The molecule has 1 aliphatic heterocycles. The predicted octanol–water partition coefficient (Wildman–Crippen LogP) is 3.36.